The molecule has 0 bridgehead atoms. The number of ketones is 2. The van der Waals surface area contributed by atoms with Gasteiger partial charge < -0.3 is 4.74 Å². The highest BCUT2D eigenvalue weighted by molar-refractivity contribution is 7.99. The third-order valence-electron chi connectivity index (χ3n) is 4.20. The molecule has 0 unspecified atom stereocenters. The molecule has 0 fully saturated rings. The van der Waals surface area contributed by atoms with Crippen LogP contribution in [0, 0.1) is 0 Å². The fraction of sp³-hybridized carbons (Fsp3) is 0.0476. The van der Waals surface area contributed by atoms with Crippen molar-refractivity contribution in [2.24, 2.45) is 0 Å². The number of carbonyl (C=O) groups is 2. The van der Waals surface area contributed by atoms with Crippen LogP contribution >= 0.6 is 11.8 Å². The lowest BCUT2D eigenvalue weighted by Gasteiger charge is -2.19. The van der Waals surface area contributed by atoms with Gasteiger partial charge in [-0.3, -0.25) is 9.59 Å². The van der Waals surface area contributed by atoms with Gasteiger partial charge in [0.15, 0.2) is 11.6 Å². The second-order valence-corrected chi connectivity index (χ2v) is 6.78. The summed E-state index contributed by atoms with van der Waals surface area (Å²) in [6.07, 6.45) is 0. The second kappa shape index (κ2) is 6.22. The molecule has 0 aromatic heterocycles. The van der Waals surface area contributed by atoms with Gasteiger partial charge in [0.1, 0.15) is 5.75 Å². The Morgan fingerprint density at radius 3 is 2.04 bits per heavy atom. The number of fused-ring (bicyclic) bond motifs is 2. The van der Waals surface area contributed by atoms with Crippen LogP contribution in [0.5, 0.6) is 5.75 Å². The van der Waals surface area contributed by atoms with E-state index in [1.165, 1.54) is 11.8 Å². The Bertz CT molecular complexity index is 990. The van der Waals surface area contributed by atoms with Crippen molar-refractivity contribution in [2.75, 3.05) is 7.11 Å². The minimum Gasteiger partial charge on any atom is -0.497 e. The fourth-order valence-corrected chi connectivity index (χ4v) is 3.95. The average Bonchev–Trinajstić information content (AvgIpc) is 2.66. The van der Waals surface area contributed by atoms with Crippen LogP contribution in [-0.4, -0.2) is 18.7 Å². The SMILES string of the molecule is COc1ccc(Sc2cccc3c2C(=O)c2ccccc2C3=O)cc1. The number of hydrogen-bond acceptors (Lipinski definition) is 4. The maximum Gasteiger partial charge on any atom is 0.195 e. The number of carbonyl (C=O) groups excluding carboxylic acids is 2. The summed E-state index contributed by atoms with van der Waals surface area (Å²) < 4.78 is 5.17. The zero-order valence-electron chi connectivity index (χ0n) is 13.5. The number of benzene rings is 3. The van der Waals surface area contributed by atoms with Crippen molar-refractivity contribution in [1.82, 2.24) is 0 Å². The fourth-order valence-electron chi connectivity index (χ4n) is 2.97. The van der Waals surface area contributed by atoms with Crippen molar-refractivity contribution < 1.29 is 14.3 Å². The molecular formula is C21H14O3S. The first-order chi connectivity index (χ1) is 12.2. The Labute approximate surface area is 149 Å². The number of hydrogen-bond donors (Lipinski definition) is 0. The first kappa shape index (κ1) is 15.7. The molecule has 1 aliphatic rings. The Morgan fingerprint density at radius 2 is 1.36 bits per heavy atom. The van der Waals surface area contributed by atoms with Gasteiger partial charge in [-0.05, 0) is 30.3 Å². The zero-order chi connectivity index (χ0) is 17.4. The van der Waals surface area contributed by atoms with Crippen LogP contribution in [-0.2, 0) is 0 Å². The summed E-state index contributed by atoms with van der Waals surface area (Å²) in [5.41, 5.74) is 1.92. The molecule has 1 aliphatic carbocycles. The van der Waals surface area contributed by atoms with Crippen LogP contribution in [0.15, 0.2) is 76.5 Å². The Hall–Kier alpha value is -2.85. The molecule has 0 spiro atoms. The summed E-state index contributed by atoms with van der Waals surface area (Å²) in [6.45, 7) is 0. The zero-order valence-corrected chi connectivity index (χ0v) is 14.3. The van der Waals surface area contributed by atoms with E-state index in [4.69, 9.17) is 4.74 Å². The van der Waals surface area contributed by atoms with Crippen molar-refractivity contribution in [1.29, 1.82) is 0 Å². The first-order valence-electron chi connectivity index (χ1n) is 7.82. The Balaban J connectivity index is 1.79. The lowest BCUT2D eigenvalue weighted by molar-refractivity contribution is 0.0977. The summed E-state index contributed by atoms with van der Waals surface area (Å²) in [6, 6.07) is 20.0. The summed E-state index contributed by atoms with van der Waals surface area (Å²) in [5, 5.41) is 0. The van der Waals surface area contributed by atoms with E-state index in [1.54, 1.807) is 37.4 Å². The summed E-state index contributed by atoms with van der Waals surface area (Å²) in [7, 11) is 1.62. The largest absolute Gasteiger partial charge is 0.497 e. The van der Waals surface area contributed by atoms with Gasteiger partial charge >= 0.3 is 0 Å². The standard InChI is InChI=1S/C21H14O3S/c1-24-13-9-11-14(12-10-13)25-18-8-4-7-17-19(18)21(23)16-6-3-2-5-15(16)20(17)22/h2-12H,1H3. The topological polar surface area (TPSA) is 43.4 Å². The maximum absolute atomic E-state index is 13.0. The minimum absolute atomic E-state index is 0.0950. The number of methoxy groups -OCH3 is 1. The highest BCUT2D eigenvalue weighted by Crippen LogP contribution is 2.37. The Kier molecular flexibility index (Phi) is 3.90. The lowest BCUT2D eigenvalue weighted by Crippen LogP contribution is -2.21. The third-order valence-corrected chi connectivity index (χ3v) is 5.27. The molecule has 3 nitrogen and oxygen atoms in total. The molecule has 0 N–H and O–H groups in total. The molecule has 0 heterocycles. The van der Waals surface area contributed by atoms with Gasteiger partial charge in [-0.25, -0.2) is 0 Å². The van der Waals surface area contributed by atoms with Crippen molar-refractivity contribution in [3.63, 3.8) is 0 Å². The van der Waals surface area contributed by atoms with E-state index in [0.29, 0.717) is 22.3 Å². The predicted octanol–water partition coefficient (Wildman–Crippen LogP) is 4.62. The molecule has 4 heteroatoms. The minimum atomic E-state index is -0.0955. The summed E-state index contributed by atoms with van der Waals surface area (Å²) >= 11 is 1.47. The van der Waals surface area contributed by atoms with E-state index in [1.807, 2.05) is 36.4 Å². The molecule has 0 radical (unpaired) electrons. The average molecular weight is 346 g/mol. The van der Waals surface area contributed by atoms with Crippen LogP contribution in [0.2, 0.25) is 0 Å². The lowest BCUT2D eigenvalue weighted by atomic mass is 9.84. The van der Waals surface area contributed by atoms with E-state index < -0.39 is 0 Å². The van der Waals surface area contributed by atoms with Gasteiger partial charge in [0, 0.05) is 32.0 Å². The Morgan fingerprint density at radius 1 is 0.720 bits per heavy atom. The normalized spacial score (nSPS) is 12.5. The molecule has 0 aliphatic heterocycles. The molecule has 3 aromatic rings. The number of ether oxygens (including phenoxy) is 1. The molecular weight excluding hydrogens is 332 g/mol. The van der Waals surface area contributed by atoms with Gasteiger partial charge in [-0.15, -0.1) is 0 Å². The van der Waals surface area contributed by atoms with Crippen molar-refractivity contribution in [2.45, 2.75) is 9.79 Å². The quantitative estimate of drug-likeness (QED) is 0.543. The van der Waals surface area contributed by atoms with Crippen LogP contribution in [0.1, 0.15) is 31.8 Å². The van der Waals surface area contributed by atoms with E-state index in [2.05, 4.69) is 0 Å². The van der Waals surface area contributed by atoms with E-state index in [-0.39, 0.29) is 11.6 Å². The van der Waals surface area contributed by atoms with Crippen molar-refractivity contribution >= 4 is 23.3 Å². The molecule has 25 heavy (non-hydrogen) atoms. The van der Waals surface area contributed by atoms with E-state index in [0.717, 1.165) is 15.5 Å². The van der Waals surface area contributed by atoms with E-state index >= 15 is 0 Å². The number of rotatable bonds is 3. The van der Waals surface area contributed by atoms with Crippen molar-refractivity contribution in [3.8, 4) is 5.75 Å². The monoisotopic (exact) mass is 346 g/mol. The predicted molar refractivity (Wildman–Crippen MR) is 96.9 cm³/mol. The van der Waals surface area contributed by atoms with Crippen LogP contribution in [0.3, 0.4) is 0 Å². The van der Waals surface area contributed by atoms with Gasteiger partial charge in [0.2, 0.25) is 0 Å². The highest BCUT2D eigenvalue weighted by Gasteiger charge is 2.31. The van der Waals surface area contributed by atoms with Gasteiger partial charge in [0.25, 0.3) is 0 Å². The van der Waals surface area contributed by atoms with Crippen molar-refractivity contribution in [3.05, 3.63) is 89.0 Å². The third kappa shape index (κ3) is 2.65. The smallest absolute Gasteiger partial charge is 0.195 e. The molecule has 4 rings (SSSR count). The molecule has 0 saturated carbocycles. The molecule has 0 atom stereocenters. The second-order valence-electron chi connectivity index (χ2n) is 5.66. The van der Waals surface area contributed by atoms with E-state index in [9.17, 15) is 9.59 Å². The van der Waals surface area contributed by atoms with Crippen LogP contribution in [0.25, 0.3) is 0 Å². The highest BCUT2D eigenvalue weighted by atomic mass is 32.2. The maximum atomic E-state index is 13.0. The van der Waals surface area contributed by atoms with Gasteiger partial charge in [0.05, 0.1) is 7.11 Å². The molecule has 122 valence electrons. The molecule has 0 amide bonds. The van der Waals surface area contributed by atoms with Crippen LogP contribution in [0.4, 0.5) is 0 Å². The summed E-state index contributed by atoms with van der Waals surface area (Å²) in [5.74, 6) is 0.587. The summed E-state index contributed by atoms with van der Waals surface area (Å²) in [4.78, 5) is 27.5. The first-order valence-corrected chi connectivity index (χ1v) is 8.64. The van der Waals surface area contributed by atoms with Gasteiger partial charge in [-0.1, -0.05) is 48.2 Å². The van der Waals surface area contributed by atoms with Crippen LogP contribution < -0.4 is 4.74 Å². The molecule has 3 aromatic carbocycles. The van der Waals surface area contributed by atoms with Gasteiger partial charge in [-0.2, -0.15) is 0 Å². The molecule has 0 saturated heterocycles.